The topological polar surface area (TPSA) is 114 Å². The number of rotatable bonds is 4. The molecule has 0 bridgehead atoms. The van der Waals surface area contributed by atoms with Crippen molar-refractivity contribution in [3.05, 3.63) is 51.0 Å². The first kappa shape index (κ1) is 17.2. The predicted octanol–water partition coefficient (Wildman–Crippen LogP) is 2.02. The monoisotopic (exact) mass is 308 g/mol. The average molecular weight is 308 g/mol. The lowest BCUT2D eigenvalue weighted by Crippen LogP contribution is -2.18. The maximum atomic E-state index is 12.1. The molecule has 1 heterocycles. The summed E-state index contributed by atoms with van der Waals surface area (Å²) in [5.74, 6) is -2.71. The first-order valence-corrected chi connectivity index (χ1v) is 6.28. The molecule has 0 amide bonds. The van der Waals surface area contributed by atoms with Crippen LogP contribution in [-0.4, -0.2) is 22.0 Å². The maximum Gasteiger partial charge on any atom is 0.350 e. The molecule has 0 fully saturated rings. The Hall–Kier alpha value is -2.83. The normalized spacial score (nSPS) is 12.6. The minimum Gasteiger partial charge on any atom is -0.512 e. The van der Waals surface area contributed by atoms with Crippen LogP contribution in [0.15, 0.2) is 38.4 Å². The van der Waals surface area contributed by atoms with Crippen LogP contribution in [0, 0.1) is 13.8 Å². The molecule has 0 aliphatic carbocycles. The van der Waals surface area contributed by atoms with Gasteiger partial charge in [0.1, 0.15) is 28.6 Å². The molecule has 0 aliphatic heterocycles. The minimum absolute atomic E-state index is 0.0592. The SMILES string of the molecule is CC(=O)C=C(O)/C(C(=O)Oc1cc(C)oc(=O)c1C)=C(\C)O. The van der Waals surface area contributed by atoms with Gasteiger partial charge in [-0.1, -0.05) is 0 Å². The van der Waals surface area contributed by atoms with E-state index in [1.54, 1.807) is 0 Å². The van der Waals surface area contributed by atoms with Crippen LogP contribution in [0.25, 0.3) is 0 Å². The van der Waals surface area contributed by atoms with Crippen molar-refractivity contribution in [1.82, 2.24) is 0 Å². The van der Waals surface area contributed by atoms with Gasteiger partial charge in [0.05, 0.1) is 5.56 Å². The number of hydrogen-bond acceptors (Lipinski definition) is 7. The molecule has 118 valence electrons. The Balaban J connectivity index is 3.23. The summed E-state index contributed by atoms with van der Waals surface area (Å²) in [7, 11) is 0. The summed E-state index contributed by atoms with van der Waals surface area (Å²) in [4.78, 5) is 34.5. The van der Waals surface area contributed by atoms with Crippen LogP contribution < -0.4 is 10.4 Å². The van der Waals surface area contributed by atoms with Crippen LogP contribution in [0.3, 0.4) is 0 Å². The van der Waals surface area contributed by atoms with E-state index in [0.717, 1.165) is 13.0 Å². The van der Waals surface area contributed by atoms with E-state index < -0.39 is 34.5 Å². The number of carbonyl (C=O) groups is 2. The Bertz CT molecular complexity index is 731. The molecule has 7 heteroatoms. The van der Waals surface area contributed by atoms with Crippen molar-refractivity contribution in [2.24, 2.45) is 0 Å². The first-order chi connectivity index (χ1) is 10.1. The van der Waals surface area contributed by atoms with Gasteiger partial charge in [0.25, 0.3) is 0 Å². The van der Waals surface area contributed by atoms with E-state index in [0.29, 0.717) is 0 Å². The third kappa shape index (κ3) is 4.08. The molecular formula is C15H16O7. The van der Waals surface area contributed by atoms with E-state index in [1.165, 1.54) is 26.8 Å². The van der Waals surface area contributed by atoms with Gasteiger partial charge < -0.3 is 19.4 Å². The lowest BCUT2D eigenvalue weighted by molar-refractivity contribution is -0.130. The van der Waals surface area contributed by atoms with E-state index in [2.05, 4.69) is 0 Å². The summed E-state index contributed by atoms with van der Waals surface area (Å²) in [6, 6.07) is 1.32. The summed E-state index contributed by atoms with van der Waals surface area (Å²) in [6.07, 6.45) is 0.772. The molecule has 0 saturated carbocycles. The van der Waals surface area contributed by atoms with Gasteiger partial charge in [-0.05, 0) is 27.7 Å². The molecule has 7 nitrogen and oxygen atoms in total. The quantitative estimate of drug-likeness (QED) is 0.378. The third-order valence-electron chi connectivity index (χ3n) is 2.63. The molecule has 1 aromatic heterocycles. The van der Waals surface area contributed by atoms with Crippen LogP contribution in [0.1, 0.15) is 25.2 Å². The smallest absolute Gasteiger partial charge is 0.350 e. The fourth-order valence-electron chi connectivity index (χ4n) is 1.60. The van der Waals surface area contributed by atoms with Crippen LogP contribution >= 0.6 is 0 Å². The molecule has 0 atom stereocenters. The number of aryl methyl sites for hydroxylation is 1. The van der Waals surface area contributed by atoms with Gasteiger partial charge in [0.15, 0.2) is 5.78 Å². The maximum absolute atomic E-state index is 12.1. The highest BCUT2D eigenvalue weighted by atomic mass is 16.5. The Morgan fingerprint density at radius 2 is 1.82 bits per heavy atom. The lowest BCUT2D eigenvalue weighted by Gasteiger charge is -2.10. The van der Waals surface area contributed by atoms with E-state index in [1.807, 2.05) is 0 Å². The zero-order valence-electron chi connectivity index (χ0n) is 12.6. The van der Waals surface area contributed by atoms with Crippen LogP contribution in [0.2, 0.25) is 0 Å². The van der Waals surface area contributed by atoms with Crippen molar-refractivity contribution < 1.29 is 29.0 Å². The van der Waals surface area contributed by atoms with Crippen molar-refractivity contribution in [3.8, 4) is 5.75 Å². The van der Waals surface area contributed by atoms with Crippen LogP contribution in [0.4, 0.5) is 0 Å². The molecule has 2 N–H and O–H groups in total. The van der Waals surface area contributed by atoms with Gasteiger partial charge in [-0.25, -0.2) is 9.59 Å². The number of ether oxygens (including phenoxy) is 1. The molecule has 0 radical (unpaired) electrons. The van der Waals surface area contributed by atoms with Gasteiger partial charge in [-0.15, -0.1) is 0 Å². The predicted molar refractivity (Wildman–Crippen MR) is 76.8 cm³/mol. The molecule has 0 saturated heterocycles. The summed E-state index contributed by atoms with van der Waals surface area (Å²) < 4.78 is 9.83. The van der Waals surface area contributed by atoms with Crippen molar-refractivity contribution >= 4 is 11.8 Å². The number of allylic oxidation sites excluding steroid dienone is 2. The number of hydrogen-bond donors (Lipinski definition) is 2. The lowest BCUT2D eigenvalue weighted by atomic mass is 10.1. The van der Waals surface area contributed by atoms with Gasteiger partial charge in [0.2, 0.25) is 0 Å². The summed E-state index contributed by atoms with van der Waals surface area (Å²) in [5.41, 5.74) is -1.18. The zero-order chi connectivity index (χ0) is 17.0. The second-order valence-corrected chi connectivity index (χ2v) is 4.62. The Morgan fingerprint density at radius 3 is 2.32 bits per heavy atom. The van der Waals surface area contributed by atoms with Crippen molar-refractivity contribution in [1.29, 1.82) is 0 Å². The molecule has 0 spiro atoms. The molecular weight excluding hydrogens is 292 g/mol. The number of carbonyl (C=O) groups excluding carboxylic acids is 2. The first-order valence-electron chi connectivity index (χ1n) is 6.28. The molecule has 0 aliphatic rings. The van der Waals surface area contributed by atoms with Gasteiger partial charge in [0, 0.05) is 12.1 Å². The minimum atomic E-state index is -1.11. The number of aliphatic hydroxyl groups is 2. The van der Waals surface area contributed by atoms with E-state index in [9.17, 15) is 24.6 Å². The van der Waals surface area contributed by atoms with E-state index in [-0.39, 0.29) is 17.1 Å². The molecule has 1 aromatic rings. The highest BCUT2D eigenvalue weighted by Crippen LogP contribution is 2.20. The number of aliphatic hydroxyl groups excluding tert-OH is 2. The van der Waals surface area contributed by atoms with E-state index >= 15 is 0 Å². The van der Waals surface area contributed by atoms with Gasteiger partial charge in [-0.2, -0.15) is 0 Å². The molecule has 1 rings (SSSR count). The summed E-state index contributed by atoms with van der Waals surface area (Å²) in [6.45, 7) is 5.22. The van der Waals surface area contributed by atoms with Crippen molar-refractivity contribution in [2.45, 2.75) is 27.7 Å². The zero-order valence-corrected chi connectivity index (χ0v) is 12.6. The Labute approximate surface area is 126 Å². The van der Waals surface area contributed by atoms with E-state index in [4.69, 9.17) is 9.15 Å². The molecule has 0 aromatic carbocycles. The highest BCUT2D eigenvalue weighted by Gasteiger charge is 2.22. The fraction of sp³-hybridized carbons (Fsp3) is 0.267. The number of esters is 1. The average Bonchev–Trinajstić information content (AvgIpc) is 2.33. The second kappa shape index (κ2) is 6.75. The molecule has 0 unspecified atom stereocenters. The standard InChI is InChI=1S/C15H16O7/c1-7(16)5-11(18)13(10(4)17)15(20)22-12-6-8(2)21-14(19)9(12)3/h5-6,17-18H,1-4H3/b11-5?,13-10-. The van der Waals surface area contributed by atoms with Gasteiger partial charge in [-0.3, -0.25) is 4.79 Å². The molecule has 22 heavy (non-hydrogen) atoms. The largest absolute Gasteiger partial charge is 0.512 e. The van der Waals surface area contributed by atoms with Crippen LogP contribution in [-0.2, 0) is 9.59 Å². The Morgan fingerprint density at radius 1 is 1.23 bits per heavy atom. The van der Waals surface area contributed by atoms with Crippen molar-refractivity contribution in [3.63, 3.8) is 0 Å². The van der Waals surface area contributed by atoms with Crippen molar-refractivity contribution in [2.75, 3.05) is 0 Å². The second-order valence-electron chi connectivity index (χ2n) is 4.62. The summed E-state index contributed by atoms with van der Waals surface area (Å²) in [5, 5.41) is 19.2. The third-order valence-corrected chi connectivity index (χ3v) is 2.63. The Kier molecular flexibility index (Phi) is 5.28. The van der Waals surface area contributed by atoms with Gasteiger partial charge >= 0.3 is 11.6 Å². The fourth-order valence-corrected chi connectivity index (χ4v) is 1.60. The number of ketones is 1. The highest BCUT2D eigenvalue weighted by molar-refractivity contribution is 5.97. The summed E-state index contributed by atoms with van der Waals surface area (Å²) >= 11 is 0. The van der Waals surface area contributed by atoms with Crippen LogP contribution in [0.5, 0.6) is 5.75 Å².